The van der Waals surface area contributed by atoms with Crippen molar-refractivity contribution in [2.24, 2.45) is 0 Å². The zero-order valence-electron chi connectivity index (χ0n) is 6.52. The molecule has 13 heavy (non-hydrogen) atoms. The van der Waals surface area contributed by atoms with Gasteiger partial charge < -0.3 is 4.74 Å². The summed E-state index contributed by atoms with van der Waals surface area (Å²) >= 11 is 1.58. The van der Waals surface area contributed by atoms with Crippen molar-refractivity contribution in [2.45, 2.75) is 6.18 Å². The van der Waals surface area contributed by atoms with Gasteiger partial charge in [0, 0.05) is 6.20 Å². The Bertz CT molecular complexity index is 313. The standard InChI is InChI=1S/C7H5F3INO/c1-13-5-3-12-2-4(6(5)11)7(8,9)10/h2-3H,1H3. The maximum absolute atomic E-state index is 12.3. The Hall–Kier alpha value is -0.530. The Morgan fingerprint density at radius 1 is 1.38 bits per heavy atom. The number of alkyl halides is 3. The van der Waals surface area contributed by atoms with Crippen LogP contribution in [0, 0.1) is 3.57 Å². The van der Waals surface area contributed by atoms with E-state index in [2.05, 4.69) is 4.98 Å². The van der Waals surface area contributed by atoms with Gasteiger partial charge >= 0.3 is 6.18 Å². The highest BCUT2D eigenvalue weighted by Crippen LogP contribution is 2.35. The lowest BCUT2D eigenvalue weighted by molar-refractivity contribution is -0.138. The van der Waals surface area contributed by atoms with Crippen LogP contribution in [0.5, 0.6) is 5.75 Å². The summed E-state index contributed by atoms with van der Waals surface area (Å²) in [6, 6.07) is 0. The highest BCUT2D eigenvalue weighted by Gasteiger charge is 2.34. The predicted molar refractivity (Wildman–Crippen MR) is 48.5 cm³/mol. The Balaban J connectivity index is 3.24. The molecule has 0 spiro atoms. The van der Waals surface area contributed by atoms with Crippen LogP contribution in [0.1, 0.15) is 5.56 Å². The molecule has 0 amide bonds. The number of rotatable bonds is 1. The largest absolute Gasteiger partial charge is 0.494 e. The van der Waals surface area contributed by atoms with Crippen LogP contribution >= 0.6 is 22.6 Å². The summed E-state index contributed by atoms with van der Waals surface area (Å²) < 4.78 is 41.5. The van der Waals surface area contributed by atoms with Crippen molar-refractivity contribution in [1.82, 2.24) is 4.98 Å². The van der Waals surface area contributed by atoms with Gasteiger partial charge in [-0.15, -0.1) is 0 Å². The molecule has 2 nitrogen and oxygen atoms in total. The Labute approximate surface area is 86.3 Å². The summed E-state index contributed by atoms with van der Waals surface area (Å²) in [7, 11) is 1.30. The molecule has 0 saturated carbocycles. The molecule has 0 unspecified atom stereocenters. The molecule has 0 aromatic carbocycles. The monoisotopic (exact) mass is 303 g/mol. The van der Waals surface area contributed by atoms with Gasteiger partial charge in [0.15, 0.2) is 5.75 Å². The quantitative estimate of drug-likeness (QED) is 0.744. The third-order valence-electron chi connectivity index (χ3n) is 1.37. The van der Waals surface area contributed by atoms with Gasteiger partial charge in [0.25, 0.3) is 0 Å². The minimum absolute atomic E-state index is 0.0302. The Morgan fingerprint density at radius 3 is 2.46 bits per heavy atom. The van der Waals surface area contributed by atoms with Crippen molar-refractivity contribution < 1.29 is 17.9 Å². The van der Waals surface area contributed by atoms with E-state index in [-0.39, 0.29) is 9.32 Å². The van der Waals surface area contributed by atoms with Crippen molar-refractivity contribution >= 4 is 22.6 Å². The van der Waals surface area contributed by atoms with Crippen molar-refractivity contribution in [1.29, 1.82) is 0 Å². The third-order valence-corrected chi connectivity index (χ3v) is 2.49. The summed E-state index contributed by atoms with van der Waals surface area (Å²) in [6.07, 6.45) is -2.35. The fraction of sp³-hybridized carbons (Fsp3) is 0.286. The lowest BCUT2D eigenvalue weighted by atomic mass is 10.3. The van der Waals surface area contributed by atoms with Crippen LogP contribution in [-0.2, 0) is 6.18 Å². The van der Waals surface area contributed by atoms with Crippen LogP contribution in [0.25, 0.3) is 0 Å². The maximum Gasteiger partial charge on any atom is 0.419 e. The number of pyridine rings is 1. The first kappa shape index (κ1) is 10.6. The molecule has 0 atom stereocenters. The van der Waals surface area contributed by atoms with E-state index < -0.39 is 11.7 Å². The normalized spacial score (nSPS) is 11.5. The molecule has 0 N–H and O–H groups in total. The number of hydrogen-bond donors (Lipinski definition) is 0. The molecule has 0 bridgehead atoms. The molecule has 0 aliphatic heterocycles. The summed E-state index contributed by atoms with van der Waals surface area (Å²) in [6.45, 7) is 0. The zero-order chi connectivity index (χ0) is 10.1. The maximum atomic E-state index is 12.3. The number of aromatic nitrogens is 1. The van der Waals surface area contributed by atoms with Crippen LogP contribution in [0.4, 0.5) is 13.2 Å². The number of methoxy groups -OCH3 is 1. The van der Waals surface area contributed by atoms with Crippen LogP contribution in [-0.4, -0.2) is 12.1 Å². The van der Waals surface area contributed by atoms with Gasteiger partial charge in [-0.05, 0) is 22.6 Å². The average Bonchev–Trinajstić information content (AvgIpc) is 2.02. The zero-order valence-corrected chi connectivity index (χ0v) is 8.68. The van der Waals surface area contributed by atoms with Gasteiger partial charge in [-0.25, -0.2) is 0 Å². The third kappa shape index (κ3) is 2.23. The molecule has 0 saturated heterocycles. The molecule has 0 fully saturated rings. The molecule has 6 heteroatoms. The highest BCUT2D eigenvalue weighted by atomic mass is 127. The molecule has 1 rings (SSSR count). The lowest BCUT2D eigenvalue weighted by Gasteiger charge is -2.10. The smallest absolute Gasteiger partial charge is 0.419 e. The first-order chi connectivity index (χ1) is 5.96. The van der Waals surface area contributed by atoms with Crippen LogP contribution in [0.2, 0.25) is 0 Å². The highest BCUT2D eigenvalue weighted by molar-refractivity contribution is 14.1. The number of ether oxygens (including phenoxy) is 1. The first-order valence-corrected chi connectivity index (χ1v) is 4.29. The molecular weight excluding hydrogens is 298 g/mol. The Morgan fingerprint density at radius 2 is 2.00 bits per heavy atom. The second-order valence-corrected chi connectivity index (χ2v) is 3.28. The van der Waals surface area contributed by atoms with E-state index in [1.165, 1.54) is 13.3 Å². The molecule has 1 aromatic rings. The Kier molecular flexibility index (Phi) is 2.99. The van der Waals surface area contributed by atoms with Gasteiger partial charge in [-0.1, -0.05) is 0 Å². The van der Waals surface area contributed by atoms with Crippen molar-refractivity contribution in [3.05, 3.63) is 21.5 Å². The van der Waals surface area contributed by atoms with Crippen LogP contribution < -0.4 is 4.74 Å². The van der Waals surface area contributed by atoms with Gasteiger partial charge in [0.2, 0.25) is 0 Å². The minimum atomic E-state index is -4.38. The minimum Gasteiger partial charge on any atom is -0.494 e. The van der Waals surface area contributed by atoms with Crippen molar-refractivity contribution in [2.75, 3.05) is 7.11 Å². The van der Waals surface area contributed by atoms with Crippen molar-refractivity contribution in [3.8, 4) is 5.75 Å². The molecule has 0 aliphatic carbocycles. The van der Waals surface area contributed by atoms with E-state index in [1.54, 1.807) is 22.6 Å². The number of nitrogens with zero attached hydrogens (tertiary/aromatic N) is 1. The molecular formula is C7H5F3INO. The van der Waals surface area contributed by atoms with Gasteiger partial charge in [-0.3, -0.25) is 4.98 Å². The van der Waals surface area contributed by atoms with E-state index in [4.69, 9.17) is 4.74 Å². The van der Waals surface area contributed by atoms with E-state index in [0.717, 1.165) is 6.20 Å². The van der Waals surface area contributed by atoms with Crippen molar-refractivity contribution in [3.63, 3.8) is 0 Å². The summed E-state index contributed by atoms with van der Waals surface area (Å²) in [5, 5.41) is 0. The number of hydrogen-bond acceptors (Lipinski definition) is 2. The second-order valence-electron chi connectivity index (χ2n) is 2.20. The van der Waals surface area contributed by atoms with Crippen LogP contribution in [0.3, 0.4) is 0 Å². The molecule has 72 valence electrons. The lowest BCUT2D eigenvalue weighted by Crippen LogP contribution is -2.09. The summed E-state index contributed by atoms with van der Waals surface area (Å²) in [5.41, 5.74) is -0.771. The fourth-order valence-corrected chi connectivity index (χ4v) is 1.57. The van der Waals surface area contributed by atoms with Gasteiger partial charge in [0.1, 0.15) is 0 Å². The summed E-state index contributed by atoms with van der Waals surface area (Å²) in [4.78, 5) is 3.43. The van der Waals surface area contributed by atoms with E-state index >= 15 is 0 Å². The van der Waals surface area contributed by atoms with E-state index in [0.29, 0.717) is 0 Å². The molecule has 1 heterocycles. The average molecular weight is 303 g/mol. The SMILES string of the molecule is COc1cncc(C(F)(F)F)c1I. The van der Waals surface area contributed by atoms with Gasteiger partial charge in [-0.2, -0.15) is 13.2 Å². The molecule has 0 radical (unpaired) electrons. The fourth-order valence-electron chi connectivity index (χ4n) is 0.766. The van der Waals surface area contributed by atoms with E-state index in [1.807, 2.05) is 0 Å². The first-order valence-electron chi connectivity index (χ1n) is 3.21. The summed E-state index contributed by atoms with van der Waals surface area (Å²) in [5.74, 6) is 0.135. The van der Waals surface area contributed by atoms with E-state index in [9.17, 15) is 13.2 Å². The predicted octanol–water partition coefficient (Wildman–Crippen LogP) is 2.71. The van der Waals surface area contributed by atoms with Gasteiger partial charge in [0.05, 0.1) is 22.4 Å². The molecule has 1 aromatic heterocycles. The number of halogens is 4. The topological polar surface area (TPSA) is 22.1 Å². The molecule has 0 aliphatic rings. The second kappa shape index (κ2) is 3.69. The van der Waals surface area contributed by atoms with Crippen LogP contribution in [0.15, 0.2) is 12.4 Å².